The van der Waals surface area contributed by atoms with Crippen LogP contribution in [0.1, 0.15) is 31.7 Å². The van der Waals surface area contributed by atoms with E-state index in [1.54, 1.807) is 0 Å². The molecule has 0 bridgehead atoms. The molecule has 5 nitrogen and oxygen atoms in total. The fourth-order valence-corrected chi connectivity index (χ4v) is 3.76. The summed E-state index contributed by atoms with van der Waals surface area (Å²) in [4.78, 5) is 24.2. The highest BCUT2D eigenvalue weighted by molar-refractivity contribution is 5.89. The molecule has 2 fully saturated rings. The number of nitrogens with one attached hydrogen (secondary N) is 1. The summed E-state index contributed by atoms with van der Waals surface area (Å²) in [6, 6.07) is 8.95. The molecule has 0 aromatic heterocycles. The Morgan fingerprint density at radius 3 is 2.74 bits per heavy atom. The van der Waals surface area contributed by atoms with E-state index in [1.165, 1.54) is 0 Å². The van der Waals surface area contributed by atoms with Crippen molar-refractivity contribution in [2.75, 3.05) is 6.61 Å². The average Bonchev–Trinajstić information content (AvgIpc) is 3.20. The molecule has 23 heavy (non-hydrogen) atoms. The third-order valence-corrected chi connectivity index (χ3v) is 5.15. The van der Waals surface area contributed by atoms with Gasteiger partial charge in [0.05, 0.1) is 6.10 Å². The molecule has 0 radical (unpaired) electrons. The van der Waals surface area contributed by atoms with Crippen LogP contribution in [0.2, 0.25) is 0 Å². The Hall–Kier alpha value is -1.88. The summed E-state index contributed by atoms with van der Waals surface area (Å²) >= 11 is 0. The third kappa shape index (κ3) is 3.55. The van der Waals surface area contributed by atoms with E-state index in [1.807, 2.05) is 30.3 Å². The maximum Gasteiger partial charge on any atom is 0.240 e. The van der Waals surface area contributed by atoms with Crippen LogP contribution in [-0.2, 0) is 20.7 Å². The highest BCUT2D eigenvalue weighted by Gasteiger charge is 2.59. The van der Waals surface area contributed by atoms with Gasteiger partial charge in [0.1, 0.15) is 6.04 Å². The van der Waals surface area contributed by atoms with Crippen molar-refractivity contribution >= 4 is 11.8 Å². The molecule has 3 rings (SSSR count). The van der Waals surface area contributed by atoms with Crippen LogP contribution in [0.15, 0.2) is 30.3 Å². The van der Waals surface area contributed by atoms with E-state index in [0.29, 0.717) is 13.0 Å². The van der Waals surface area contributed by atoms with Crippen LogP contribution in [-0.4, -0.2) is 30.6 Å². The number of rotatable bonds is 5. The lowest BCUT2D eigenvalue weighted by Gasteiger charge is -2.28. The summed E-state index contributed by atoms with van der Waals surface area (Å²) in [5, 5.41) is 2.86. The topological polar surface area (TPSA) is 81.4 Å². The summed E-state index contributed by atoms with van der Waals surface area (Å²) in [6.45, 7) is 2.77. The molecular formula is C18H24N2O3. The van der Waals surface area contributed by atoms with Gasteiger partial charge in [-0.25, -0.2) is 0 Å². The van der Waals surface area contributed by atoms with Crippen molar-refractivity contribution in [1.29, 1.82) is 0 Å². The van der Waals surface area contributed by atoms with Crippen molar-refractivity contribution < 1.29 is 14.3 Å². The second kappa shape index (κ2) is 6.32. The number of amides is 2. The molecule has 4 atom stereocenters. The SMILES string of the molecule is C[C@@H]1C[C@]2(CCO1)C[C@H]2C(=O)N[C@H](Cc1ccccc1)C(N)=O. The lowest BCUT2D eigenvalue weighted by Crippen LogP contribution is -2.47. The Labute approximate surface area is 136 Å². The van der Waals surface area contributed by atoms with Crippen LogP contribution in [0.5, 0.6) is 0 Å². The number of primary amides is 1. The summed E-state index contributed by atoms with van der Waals surface area (Å²) < 4.78 is 5.57. The molecule has 1 spiro atoms. The number of benzene rings is 1. The first-order valence-corrected chi connectivity index (χ1v) is 8.25. The van der Waals surface area contributed by atoms with Gasteiger partial charge < -0.3 is 15.8 Å². The van der Waals surface area contributed by atoms with Gasteiger partial charge in [-0.3, -0.25) is 9.59 Å². The van der Waals surface area contributed by atoms with E-state index in [2.05, 4.69) is 12.2 Å². The summed E-state index contributed by atoms with van der Waals surface area (Å²) in [5.74, 6) is -0.539. The minimum atomic E-state index is -0.653. The van der Waals surface area contributed by atoms with E-state index in [9.17, 15) is 9.59 Å². The van der Waals surface area contributed by atoms with Gasteiger partial charge in [0, 0.05) is 18.9 Å². The zero-order chi connectivity index (χ0) is 16.4. The van der Waals surface area contributed by atoms with Crippen molar-refractivity contribution in [1.82, 2.24) is 5.32 Å². The van der Waals surface area contributed by atoms with Gasteiger partial charge in [0.25, 0.3) is 0 Å². The Balaban J connectivity index is 1.60. The molecular weight excluding hydrogens is 292 g/mol. The summed E-state index contributed by atoms with van der Waals surface area (Å²) in [7, 11) is 0. The monoisotopic (exact) mass is 316 g/mol. The fraction of sp³-hybridized carbons (Fsp3) is 0.556. The molecule has 1 aromatic carbocycles. The van der Waals surface area contributed by atoms with E-state index in [-0.39, 0.29) is 23.3 Å². The number of nitrogens with two attached hydrogens (primary N) is 1. The van der Waals surface area contributed by atoms with Gasteiger partial charge in [-0.15, -0.1) is 0 Å². The number of hydrogen-bond acceptors (Lipinski definition) is 3. The minimum absolute atomic E-state index is 0.00790. The van der Waals surface area contributed by atoms with Crippen LogP contribution in [0, 0.1) is 11.3 Å². The van der Waals surface area contributed by atoms with Crippen LogP contribution in [0.25, 0.3) is 0 Å². The second-order valence-corrected chi connectivity index (χ2v) is 6.91. The quantitative estimate of drug-likeness (QED) is 0.861. The van der Waals surface area contributed by atoms with E-state index in [4.69, 9.17) is 10.5 Å². The van der Waals surface area contributed by atoms with Crippen LogP contribution >= 0.6 is 0 Å². The Morgan fingerprint density at radius 1 is 1.35 bits per heavy atom. The Bertz CT molecular complexity index is 589. The van der Waals surface area contributed by atoms with Crippen LogP contribution < -0.4 is 11.1 Å². The molecule has 3 N–H and O–H groups in total. The van der Waals surface area contributed by atoms with Gasteiger partial charge in [-0.05, 0) is 37.2 Å². The third-order valence-electron chi connectivity index (χ3n) is 5.15. The lowest BCUT2D eigenvalue weighted by atomic mass is 9.90. The van der Waals surface area contributed by atoms with Gasteiger partial charge in [0.2, 0.25) is 11.8 Å². The number of carbonyl (C=O) groups excluding carboxylic acids is 2. The minimum Gasteiger partial charge on any atom is -0.378 e. The van der Waals surface area contributed by atoms with Gasteiger partial charge in [-0.1, -0.05) is 30.3 Å². The predicted molar refractivity (Wildman–Crippen MR) is 86.5 cm³/mol. The van der Waals surface area contributed by atoms with Crippen molar-refractivity contribution in [3.05, 3.63) is 35.9 Å². The van der Waals surface area contributed by atoms with Gasteiger partial charge >= 0.3 is 0 Å². The first kappa shape index (κ1) is 16.0. The highest BCUT2D eigenvalue weighted by atomic mass is 16.5. The maximum absolute atomic E-state index is 12.5. The Kier molecular flexibility index (Phi) is 4.39. The molecule has 0 unspecified atom stereocenters. The fourth-order valence-electron chi connectivity index (χ4n) is 3.76. The van der Waals surface area contributed by atoms with E-state index >= 15 is 0 Å². The summed E-state index contributed by atoms with van der Waals surface area (Å²) in [6.07, 6.45) is 3.38. The van der Waals surface area contributed by atoms with Crippen molar-refractivity contribution in [2.24, 2.45) is 17.1 Å². The smallest absolute Gasteiger partial charge is 0.240 e. The van der Waals surface area contributed by atoms with Gasteiger partial charge in [0.15, 0.2) is 0 Å². The number of hydrogen-bond donors (Lipinski definition) is 2. The molecule has 5 heteroatoms. The van der Waals surface area contributed by atoms with Crippen LogP contribution in [0.4, 0.5) is 0 Å². The number of ether oxygens (including phenoxy) is 1. The second-order valence-electron chi connectivity index (χ2n) is 6.91. The predicted octanol–water partition coefficient (Wildman–Crippen LogP) is 1.40. The lowest BCUT2D eigenvalue weighted by molar-refractivity contribution is -0.129. The highest BCUT2D eigenvalue weighted by Crippen LogP contribution is 2.60. The molecule has 2 amide bonds. The first-order valence-electron chi connectivity index (χ1n) is 8.25. The van der Waals surface area contributed by atoms with Crippen molar-refractivity contribution in [3.8, 4) is 0 Å². The zero-order valence-corrected chi connectivity index (χ0v) is 13.5. The molecule has 1 aromatic rings. The van der Waals surface area contributed by atoms with Crippen molar-refractivity contribution in [2.45, 2.75) is 44.8 Å². The molecule has 124 valence electrons. The molecule has 1 saturated heterocycles. The molecule has 1 saturated carbocycles. The van der Waals surface area contributed by atoms with E-state index < -0.39 is 11.9 Å². The summed E-state index contributed by atoms with van der Waals surface area (Å²) in [5.41, 5.74) is 6.54. The molecule has 1 aliphatic carbocycles. The van der Waals surface area contributed by atoms with Gasteiger partial charge in [-0.2, -0.15) is 0 Å². The molecule has 2 aliphatic rings. The molecule has 1 heterocycles. The Morgan fingerprint density at radius 2 is 2.09 bits per heavy atom. The standard InChI is InChI=1S/C18H24N2O3/c1-12-10-18(7-8-23-12)11-14(18)17(22)20-15(16(19)21)9-13-5-3-2-4-6-13/h2-6,12,14-15H,7-11H2,1H3,(H2,19,21)(H,20,22)/t12-,14+,15-,18-/m1/s1. The zero-order valence-electron chi connectivity index (χ0n) is 13.5. The normalized spacial score (nSPS) is 30.7. The first-order chi connectivity index (χ1) is 11.0. The van der Waals surface area contributed by atoms with Crippen molar-refractivity contribution in [3.63, 3.8) is 0 Å². The largest absolute Gasteiger partial charge is 0.378 e. The van der Waals surface area contributed by atoms with Crippen LogP contribution in [0.3, 0.4) is 0 Å². The average molecular weight is 316 g/mol. The van der Waals surface area contributed by atoms with E-state index in [0.717, 1.165) is 24.8 Å². The molecule has 1 aliphatic heterocycles. The maximum atomic E-state index is 12.5. The number of carbonyl (C=O) groups is 2.